The Morgan fingerprint density at radius 2 is 2.19 bits per heavy atom. The number of halogens is 3. The van der Waals surface area contributed by atoms with Crippen molar-refractivity contribution >= 4 is 11.8 Å². The average molecular weight is 251 g/mol. The molecule has 0 spiro atoms. The summed E-state index contributed by atoms with van der Waals surface area (Å²) in [5.74, 6) is 0.513. The smallest absolute Gasteiger partial charge is 0.308 e. The van der Waals surface area contributed by atoms with Crippen LogP contribution in [0.2, 0.25) is 0 Å². The zero-order chi connectivity index (χ0) is 12.0. The van der Waals surface area contributed by atoms with Crippen molar-refractivity contribution in [3.63, 3.8) is 0 Å². The fourth-order valence-electron chi connectivity index (χ4n) is 0.940. The van der Waals surface area contributed by atoms with Gasteiger partial charge in [-0.1, -0.05) is 11.8 Å². The third kappa shape index (κ3) is 5.92. The SMILES string of the molecule is Cc1ccnc(SCCNCC(F)(F)F)n1. The lowest BCUT2D eigenvalue weighted by Crippen LogP contribution is -2.30. The van der Waals surface area contributed by atoms with Crippen LogP contribution in [0.5, 0.6) is 0 Å². The van der Waals surface area contributed by atoms with Gasteiger partial charge in [-0.25, -0.2) is 9.97 Å². The first-order valence-electron chi connectivity index (χ1n) is 4.67. The van der Waals surface area contributed by atoms with E-state index in [4.69, 9.17) is 0 Å². The van der Waals surface area contributed by atoms with Crippen molar-refractivity contribution in [2.45, 2.75) is 18.3 Å². The van der Waals surface area contributed by atoms with Gasteiger partial charge in [0.2, 0.25) is 0 Å². The molecule has 0 aliphatic heterocycles. The number of nitrogens with one attached hydrogen (secondary N) is 1. The minimum atomic E-state index is -4.15. The predicted molar refractivity (Wildman–Crippen MR) is 56.4 cm³/mol. The molecule has 0 bridgehead atoms. The molecular formula is C9H12F3N3S. The maximum absolute atomic E-state index is 11.8. The second-order valence-electron chi connectivity index (χ2n) is 3.12. The summed E-state index contributed by atoms with van der Waals surface area (Å²) in [7, 11) is 0. The van der Waals surface area contributed by atoms with Gasteiger partial charge in [-0.05, 0) is 13.0 Å². The highest BCUT2D eigenvalue weighted by atomic mass is 32.2. The average Bonchev–Trinajstić information content (AvgIpc) is 2.15. The van der Waals surface area contributed by atoms with E-state index in [9.17, 15) is 13.2 Å². The normalized spacial score (nSPS) is 11.8. The van der Waals surface area contributed by atoms with Crippen molar-refractivity contribution in [2.75, 3.05) is 18.8 Å². The molecule has 90 valence electrons. The minimum Gasteiger partial charge on any atom is -0.308 e. The third-order valence-electron chi connectivity index (χ3n) is 1.61. The van der Waals surface area contributed by atoms with Crippen LogP contribution in [0, 0.1) is 6.92 Å². The summed E-state index contributed by atoms with van der Waals surface area (Å²) in [5, 5.41) is 2.90. The van der Waals surface area contributed by atoms with Gasteiger partial charge in [0, 0.05) is 24.2 Å². The van der Waals surface area contributed by atoms with Gasteiger partial charge in [0.05, 0.1) is 6.54 Å². The lowest BCUT2D eigenvalue weighted by Gasteiger charge is -2.07. The summed E-state index contributed by atoms with van der Waals surface area (Å²) in [5.41, 5.74) is 0.848. The maximum atomic E-state index is 11.8. The van der Waals surface area contributed by atoms with E-state index in [1.165, 1.54) is 11.8 Å². The van der Waals surface area contributed by atoms with Crippen molar-refractivity contribution < 1.29 is 13.2 Å². The Balaban J connectivity index is 2.17. The Morgan fingerprint density at radius 3 is 2.81 bits per heavy atom. The van der Waals surface area contributed by atoms with Gasteiger partial charge in [-0.2, -0.15) is 13.2 Å². The summed E-state index contributed by atoms with van der Waals surface area (Å²) in [4.78, 5) is 8.11. The van der Waals surface area contributed by atoms with Crippen LogP contribution in [0.3, 0.4) is 0 Å². The first-order chi connectivity index (χ1) is 7.47. The molecule has 0 unspecified atom stereocenters. The van der Waals surface area contributed by atoms with Gasteiger partial charge in [-0.15, -0.1) is 0 Å². The van der Waals surface area contributed by atoms with E-state index in [2.05, 4.69) is 15.3 Å². The van der Waals surface area contributed by atoms with Crippen molar-refractivity contribution in [1.82, 2.24) is 15.3 Å². The maximum Gasteiger partial charge on any atom is 0.401 e. The number of rotatable bonds is 5. The van der Waals surface area contributed by atoms with Crippen LogP contribution in [0.1, 0.15) is 5.69 Å². The molecule has 0 amide bonds. The molecule has 1 heterocycles. The number of hydrogen-bond acceptors (Lipinski definition) is 4. The molecule has 0 fully saturated rings. The van der Waals surface area contributed by atoms with Gasteiger partial charge in [0.25, 0.3) is 0 Å². The summed E-state index contributed by atoms with van der Waals surface area (Å²) in [6.45, 7) is 1.16. The summed E-state index contributed by atoms with van der Waals surface area (Å²) < 4.78 is 35.3. The molecule has 1 aromatic heterocycles. The topological polar surface area (TPSA) is 37.8 Å². The fraction of sp³-hybridized carbons (Fsp3) is 0.556. The van der Waals surface area contributed by atoms with Crippen LogP contribution in [0.15, 0.2) is 17.4 Å². The molecule has 0 atom stereocenters. The Labute approximate surface area is 95.9 Å². The highest BCUT2D eigenvalue weighted by Crippen LogP contribution is 2.13. The Bertz CT molecular complexity index is 330. The van der Waals surface area contributed by atoms with E-state index in [0.29, 0.717) is 10.9 Å². The minimum absolute atomic E-state index is 0.279. The van der Waals surface area contributed by atoms with E-state index < -0.39 is 12.7 Å². The Kier molecular flexibility index (Phi) is 5.01. The van der Waals surface area contributed by atoms with Crippen molar-refractivity contribution in [3.05, 3.63) is 18.0 Å². The van der Waals surface area contributed by atoms with Gasteiger partial charge < -0.3 is 5.32 Å². The van der Waals surface area contributed by atoms with E-state index in [1.54, 1.807) is 12.3 Å². The van der Waals surface area contributed by atoms with E-state index in [-0.39, 0.29) is 6.54 Å². The quantitative estimate of drug-likeness (QED) is 0.493. The van der Waals surface area contributed by atoms with Crippen molar-refractivity contribution in [1.29, 1.82) is 0 Å². The molecule has 16 heavy (non-hydrogen) atoms. The lowest BCUT2D eigenvalue weighted by atomic mass is 10.5. The molecular weight excluding hydrogens is 239 g/mol. The number of hydrogen-bond donors (Lipinski definition) is 1. The number of aromatic nitrogens is 2. The van der Waals surface area contributed by atoms with Crippen LogP contribution in [-0.4, -0.2) is 35.0 Å². The summed E-state index contributed by atoms with van der Waals surface area (Å²) in [6.07, 6.45) is -2.52. The van der Waals surface area contributed by atoms with Crippen LogP contribution in [-0.2, 0) is 0 Å². The third-order valence-corrected chi connectivity index (χ3v) is 2.47. The monoisotopic (exact) mass is 251 g/mol. The van der Waals surface area contributed by atoms with Crippen LogP contribution >= 0.6 is 11.8 Å². The largest absolute Gasteiger partial charge is 0.401 e. The van der Waals surface area contributed by atoms with Gasteiger partial charge in [-0.3, -0.25) is 0 Å². The van der Waals surface area contributed by atoms with E-state index in [0.717, 1.165) is 5.69 Å². The van der Waals surface area contributed by atoms with Crippen LogP contribution in [0.4, 0.5) is 13.2 Å². The Morgan fingerprint density at radius 1 is 1.44 bits per heavy atom. The molecule has 7 heteroatoms. The molecule has 0 aliphatic carbocycles. The predicted octanol–water partition coefficient (Wildman–Crippen LogP) is 2.03. The van der Waals surface area contributed by atoms with Gasteiger partial charge in [0.1, 0.15) is 0 Å². The van der Waals surface area contributed by atoms with Crippen LogP contribution < -0.4 is 5.32 Å². The first-order valence-corrected chi connectivity index (χ1v) is 5.66. The number of alkyl halides is 3. The zero-order valence-electron chi connectivity index (χ0n) is 8.71. The molecule has 1 N–H and O–H groups in total. The molecule has 0 radical (unpaired) electrons. The molecule has 0 saturated carbocycles. The highest BCUT2D eigenvalue weighted by molar-refractivity contribution is 7.99. The molecule has 0 aromatic carbocycles. The molecule has 0 saturated heterocycles. The molecule has 0 aliphatic rings. The van der Waals surface area contributed by atoms with Gasteiger partial charge >= 0.3 is 6.18 Å². The number of thioether (sulfide) groups is 1. The molecule has 1 aromatic rings. The first kappa shape index (κ1) is 13.2. The second kappa shape index (κ2) is 6.05. The Hall–Kier alpha value is -0.820. The second-order valence-corrected chi connectivity index (χ2v) is 4.18. The molecule has 3 nitrogen and oxygen atoms in total. The lowest BCUT2D eigenvalue weighted by molar-refractivity contribution is -0.124. The number of nitrogens with zero attached hydrogens (tertiary/aromatic N) is 2. The van der Waals surface area contributed by atoms with Crippen LogP contribution in [0.25, 0.3) is 0 Å². The fourth-order valence-corrected chi connectivity index (χ4v) is 1.71. The number of aryl methyl sites for hydroxylation is 1. The van der Waals surface area contributed by atoms with E-state index >= 15 is 0 Å². The summed E-state index contributed by atoms with van der Waals surface area (Å²) in [6, 6.07) is 1.77. The van der Waals surface area contributed by atoms with Gasteiger partial charge in [0.15, 0.2) is 5.16 Å². The highest BCUT2D eigenvalue weighted by Gasteiger charge is 2.25. The summed E-state index contributed by atoms with van der Waals surface area (Å²) >= 11 is 1.33. The molecule has 1 rings (SSSR count). The zero-order valence-corrected chi connectivity index (χ0v) is 9.53. The van der Waals surface area contributed by atoms with E-state index in [1.807, 2.05) is 6.92 Å². The standard InChI is InChI=1S/C9H12F3N3S/c1-7-2-3-14-8(15-7)16-5-4-13-6-9(10,11)12/h2-3,13H,4-6H2,1H3. The van der Waals surface area contributed by atoms with Crippen molar-refractivity contribution in [3.8, 4) is 0 Å². The van der Waals surface area contributed by atoms with Crippen molar-refractivity contribution in [2.24, 2.45) is 0 Å².